The molecule has 1 fully saturated rings. The summed E-state index contributed by atoms with van der Waals surface area (Å²) in [4.78, 5) is 18.9. The van der Waals surface area contributed by atoms with E-state index in [4.69, 9.17) is 4.74 Å². The summed E-state index contributed by atoms with van der Waals surface area (Å²) >= 11 is 0. The molecule has 0 spiro atoms. The summed E-state index contributed by atoms with van der Waals surface area (Å²) in [5, 5.41) is 0. The predicted molar refractivity (Wildman–Crippen MR) is 114 cm³/mol. The van der Waals surface area contributed by atoms with Crippen molar-refractivity contribution in [2.45, 2.75) is 25.1 Å². The highest BCUT2D eigenvalue weighted by atomic mass is 19.4. The van der Waals surface area contributed by atoms with Gasteiger partial charge in [0, 0.05) is 12.7 Å². The molecule has 2 heterocycles. The van der Waals surface area contributed by atoms with Crippen LogP contribution in [-0.2, 0) is 28.5 Å². The smallest absolute Gasteiger partial charge is 0.368 e. The quantitative estimate of drug-likeness (QED) is 0.571. The van der Waals surface area contributed by atoms with Crippen LogP contribution in [0.5, 0.6) is 0 Å². The van der Waals surface area contributed by atoms with Crippen LogP contribution in [0.4, 0.5) is 13.2 Å². The first kappa shape index (κ1) is 22.0. The van der Waals surface area contributed by atoms with Gasteiger partial charge < -0.3 is 9.64 Å². The van der Waals surface area contributed by atoms with Crippen LogP contribution in [0.2, 0.25) is 0 Å². The molecule has 4 rings (SSSR count). The third kappa shape index (κ3) is 5.53. The number of carbonyl (C=O) groups excluding carboxylic acids is 1. The van der Waals surface area contributed by atoms with Crippen LogP contribution >= 0.6 is 0 Å². The van der Waals surface area contributed by atoms with Gasteiger partial charge in [-0.15, -0.1) is 0 Å². The molecule has 1 unspecified atom stereocenters. The van der Waals surface area contributed by atoms with Gasteiger partial charge in [-0.1, -0.05) is 54.6 Å². The van der Waals surface area contributed by atoms with Crippen molar-refractivity contribution >= 4 is 5.91 Å². The van der Waals surface area contributed by atoms with E-state index in [0.717, 1.165) is 23.3 Å². The Morgan fingerprint density at radius 2 is 1.78 bits per heavy atom. The normalized spacial score (nSPS) is 16.7. The zero-order valence-electron chi connectivity index (χ0n) is 17.4. The van der Waals surface area contributed by atoms with E-state index in [1.165, 1.54) is 6.07 Å². The summed E-state index contributed by atoms with van der Waals surface area (Å²) in [6, 6.07) is 18.6. The lowest BCUT2D eigenvalue weighted by atomic mass is 10.0. The lowest BCUT2D eigenvalue weighted by molar-refractivity contribution is -0.138. The van der Waals surface area contributed by atoms with Crippen molar-refractivity contribution in [2.75, 3.05) is 19.7 Å². The first-order valence-corrected chi connectivity index (χ1v) is 10.4. The van der Waals surface area contributed by atoms with E-state index in [9.17, 15) is 18.0 Å². The molecule has 1 saturated heterocycles. The van der Waals surface area contributed by atoms with Gasteiger partial charge in [0.25, 0.3) is 0 Å². The van der Waals surface area contributed by atoms with Gasteiger partial charge >= 0.3 is 6.18 Å². The Morgan fingerprint density at radius 3 is 2.50 bits per heavy atom. The Bertz CT molecular complexity index is 1050. The fourth-order valence-corrected chi connectivity index (χ4v) is 3.76. The maximum Gasteiger partial charge on any atom is 0.416 e. The Balaban J connectivity index is 1.39. The molecule has 3 aromatic rings. The number of aromatic nitrogens is 1. The average Bonchev–Trinajstić information content (AvgIpc) is 2.80. The zero-order chi connectivity index (χ0) is 22.6. The van der Waals surface area contributed by atoms with Crippen molar-refractivity contribution in [3.05, 3.63) is 101 Å². The molecule has 0 radical (unpaired) electrons. The molecule has 1 aliphatic heterocycles. The molecular formula is C25H23F3N2O2. The van der Waals surface area contributed by atoms with E-state index in [1.54, 1.807) is 17.2 Å². The maximum absolute atomic E-state index is 12.9. The summed E-state index contributed by atoms with van der Waals surface area (Å²) in [5.41, 5.74) is 2.39. The third-order valence-corrected chi connectivity index (χ3v) is 5.46. The van der Waals surface area contributed by atoms with Gasteiger partial charge in [-0.05, 0) is 35.2 Å². The van der Waals surface area contributed by atoms with Gasteiger partial charge in [0.2, 0.25) is 5.91 Å². The lowest BCUT2D eigenvalue weighted by Gasteiger charge is -2.32. The monoisotopic (exact) mass is 440 g/mol. The predicted octanol–water partition coefficient (Wildman–Crippen LogP) is 4.83. The first-order chi connectivity index (χ1) is 15.4. The summed E-state index contributed by atoms with van der Waals surface area (Å²) in [6.45, 7) is 1.39. The summed E-state index contributed by atoms with van der Waals surface area (Å²) in [6.07, 6.45) is -2.34. The minimum absolute atomic E-state index is 0.0469. The Morgan fingerprint density at radius 1 is 1.00 bits per heavy atom. The number of halogens is 3. The molecule has 7 heteroatoms. The van der Waals surface area contributed by atoms with E-state index >= 15 is 0 Å². The van der Waals surface area contributed by atoms with Crippen molar-refractivity contribution in [3.8, 4) is 0 Å². The third-order valence-electron chi connectivity index (χ3n) is 5.46. The molecule has 0 saturated carbocycles. The second-order valence-corrected chi connectivity index (χ2v) is 7.83. The number of nitrogens with zero attached hydrogens (tertiary/aromatic N) is 2. The molecule has 1 atom stereocenters. The second-order valence-electron chi connectivity index (χ2n) is 7.83. The van der Waals surface area contributed by atoms with Gasteiger partial charge in [-0.25, -0.2) is 0 Å². The number of pyridine rings is 1. The van der Waals surface area contributed by atoms with Crippen molar-refractivity contribution in [1.29, 1.82) is 0 Å². The summed E-state index contributed by atoms with van der Waals surface area (Å²) < 4.78 is 44.6. The molecule has 0 bridgehead atoms. The molecule has 166 valence electrons. The molecular weight excluding hydrogens is 417 g/mol. The number of amides is 1. The van der Waals surface area contributed by atoms with Crippen LogP contribution in [0.25, 0.3) is 0 Å². The minimum atomic E-state index is -4.36. The minimum Gasteiger partial charge on any atom is -0.368 e. The Hall–Kier alpha value is -3.19. The zero-order valence-corrected chi connectivity index (χ0v) is 17.4. The van der Waals surface area contributed by atoms with Crippen LogP contribution in [-0.4, -0.2) is 35.5 Å². The second kappa shape index (κ2) is 9.53. The van der Waals surface area contributed by atoms with E-state index in [-0.39, 0.29) is 12.0 Å². The number of alkyl halides is 3. The molecule has 32 heavy (non-hydrogen) atoms. The lowest BCUT2D eigenvalue weighted by Crippen LogP contribution is -2.43. The van der Waals surface area contributed by atoms with Crippen LogP contribution in [0.3, 0.4) is 0 Å². The number of carbonyl (C=O) groups is 1. The summed E-state index contributed by atoms with van der Waals surface area (Å²) in [7, 11) is 0. The standard InChI is InChI=1S/C25H23F3N2O2/c26-25(27,28)21-8-4-7-19(14-21)13-20-9-10-22(29-16-20)23-17-30(11-12-32-23)24(31)15-18-5-2-1-3-6-18/h1-10,14,16,23H,11-13,15,17H2. The van der Waals surface area contributed by atoms with Crippen molar-refractivity contribution in [3.63, 3.8) is 0 Å². The van der Waals surface area contributed by atoms with Crippen molar-refractivity contribution in [1.82, 2.24) is 9.88 Å². The van der Waals surface area contributed by atoms with Gasteiger partial charge in [0.1, 0.15) is 6.10 Å². The highest BCUT2D eigenvalue weighted by Gasteiger charge is 2.30. The van der Waals surface area contributed by atoms with E-state index in [2.05, 4.69) is 4.98 Å². The number of hydrogen-bond acceptors (Lipinski definition) is 3. The van der Waals surface area contributed by atoms with Crippen LogP contribution in [0.15, 0.2) is 72.9 Å². The van der Waals surface area contributed by atoms with Gasteiger partial charge in [0.05, 0.1) is 30.8 Å². The van der Waals surface area contributed by atoms with Crippen molar-refractivity contribution < 1.29 is 22.7 Å². The maximum atomic E-state index is 12.9. The van der Waals surface area contributed by atoms with Crippen LogP contribution < -0.4 is 0 Å². The topological polar surface area (TPSA) is 42.4 Å². The number of morpholine rings is 1. The van der Waals surface area contributed by atoms with Gasteiger partial charge in [0.15, 0.2) is 0 Å². The Labute approximate surface area is 184 Å². The fraction of sp³-hybridized carbons (Fsp3) is 0.280. The molecule has 4 nitrogen and oxygen atoms in total. The molecule has 2 aromatic carbocycles. The van der Waals surface area contributed by atoms with E-state index < -0.39 is 11.7 Å². The average molecular weight is 440 g/mol. The van der Waals surface area contributed by atoms with Crippen LogP contribution in [0.1, 0.15) is 34.1 Å². The molecule has 0 aliphatic carbocycles. The highest BCUT2D eigenvalue weighted by molar-refractivity contribution is 5.78. The largest absolute Gasteiger partial charge is 0.416 e. The fourth-order valence-electron chi connectivity index (χ4n) is 3.76. The van der Waals surface area contributed by atoms with Gasteiger partial charge in [-0.2, -0.15) is 13.2 Å². The first-order valence-electron chi connectivity index (χ1n) is 10.4. The van der Waals surface area contributed by atoms with Crippen molar-refractivity contribution in [2.24, 2.45) is 0 Å². The SMILES string of the molecule is O=C(Cc1ccccc1)N1CCOC(c2ccc(Cc3cccc(C(F)(F)F)c3)cn2)C1. The van der Waals surface area contributed by atoms with Crippen LogP contribution in [0, 0.1) is 0 Å². The molecule has 0 N–H and O–H groups in total. The molecule has 1 aliphatic rings. The summed E-state index contributed by atoms with van der Waals surface area (Å²) in [5.74, 6) is 0.0469. The number of ether oxygens (including phenoxy) is 1. The highest BCUT2D eigenvalue weighted by Crippen LogP contribution is 2.30. The number of benzene rings is 2. The Kier molecular flexibility index (Phi) is 6.55. The van der Waals surface area contributed by atoms with E-state index in [0.29, 0.717) is 43.8 Å². The number of rotatable bonds is 5. The molecule has 1 aromatic heterocycles. The molecule has 1 amide bonds. The van der Waals surface area contributed by atoms with Gasteiger partial charge in [-0.3, -0.25) is 9.78 Å². The van der Waals surface area contributed by atoms with E-state index in [1.807, 2.05) is 42.5 Å². The number of hydrogen-bond donors (Lipinski definition) is 0.